The molecule has 27 heavy (non-hydrogen) atoms. The van der Waals surface area contributed by atoms with E-state index in [0.29, 0.717) is 24.0 Å². The number of carbonyl (C=O) groups excluding carboxylic acids is 1. The highest BCUT2D eigenvalue weighted by Gasteiger charge is 2.27. The Morgan fingerprint density at radius 2 is 1.85 bits per heavy atom. The van der Waals surface area contributed by atoms with Crippen LogP contribution in [0.5, 0.6) is 5.75 Å². The first-order chi connectivity index (χ1) is 13.2. The van der Waals surface area contributed by atoms with Crippen molar-refractivity contribution in [3.63, 3.8) is 0 Å². The molecule has 2 amide bonds. The highest BCUT2D eigenvalue weighted by Crippen LogP contribution is 2.39. The number of aryl methyl sites for hydroxylation is 1. The van der Waals surface area contributed by atoms with Gasteiger partial charge in [-0.3, -0.25) is 10.00 Å². The van der Waals surface area contributed by atoms with Gasteiger partial charge in [-0.2, -0.15) is 5.10 Å². The van der Waals surface area contributed by atoms with E-state index < -0.39 is 0 Å². The van der Waals surface area contributed by atoms with Gasteiger partial charge in [-0.1, -0.05) is 30.3 Å². The fourth-order valence-corrected chi connectivity index (χ4v) is 2.84. The molecule has 1 aliphatic carbocycles. The van der Waals surface area contributed by atoms with E-state index in [9.17, 15) is 4.79 Å². The van der Waals surface area contributed by atoms with Gasteiger partial charge in [0.2, 0.25) is 0 Å². The molecular formula is C21H22N4O2. The SMILES string of the molecule is Cn1nc(C2CC2)cc1NC(=O)Nc1ccc(OCc2ccccc2)cc1. The number of aromatic nitrogens is 2. The average Bonchev–Trinajstić information content (AvgIpc) is 3.47. The monoisotopic (exact) mass is 362 g/mol. The number of amides is 2. The Balaban J connectivity index is 1.30. The Bertz CT molecular complexity index is 915. The molecule has 6 nitrogen and oxygen atoms in total. The summed E-state index contributed by atoms with van der Waals surface area (Å²) in [7, 11) is 1.83. The van der Waals surface area contributed by atoms with Crippen molar-refractivity contribution < 1.29 is 9.53 Å². The molecular weight excluding hydrogens is 340 g/mol. The highest BCUT2D eigenvalue weighted by atomic mass is 16.5. The molecule has 1 aliphatic rings. The normalized spacial score (nSPS) is 13.2. The third-order valence-corrected chi connectivity index (χ3v) is 4.50. The number of hydrogen-bond donors (Lipinski definition) is 2. The second kappa shape index (κ2) is 7.53. The lowest BCUT2D eigenvalue weighted by Gasteiger charge is -2.09. The Kier molecular flexibility index (Phi) is 4.78. The third-order valence-electron chi connectivity index (χ3n) is 4.50. The summed E-state index contributed by atoms with van der Waals surface area (Å²) >= 11 is 0. The summed E-state index contributed by atoms with van der Waals surface area (Å²) in [5.74, 6) is 2.00. The Labute approximate surface area is 158 Å². The molecule has 0 aliphatic heterocycles. The number of carbonyl (C=O) groups is 1. The molecule has 6 heteroatoms. The molecule has 0 atom stereocenters. The summed E-state index contributed by atoms with van der Waals surface area (Å²) in [5.41, 5.74) is 2.86. The second-order valence-electron chi connectivity index (χ2n) is 6.73. The van der Waals surface area contributed by atoms with Gasteiger partial charge in [0.05, 0.1) is 5.69 Å². The zero-order valence-electron chi connectivity index (χ0n) is 15.2. The van der Waals surface area contributed by atoms with Crippen LogP contribution >= 0.6 is 0 Å². The predicted octanol–water partition coefficient (Wildman–Crippen LogP) is 4.52. The van der Waals surface area contributed by atoms with Crippen molar-refractivity contribution >= 4 is 17.5 Å². The van der Waals surface area contributed by atoms with E-state index in [-0.39, 0.29) is 6.03 Å². The van der Waals surface area contributed by atoms with Gasteiger partial charge >= 0.3 is 6.03 Å². The van der Waals surface area contributed by atoms with Crippen molar-refractivity contribution in [2.45, 2.75) is 25.4 Å². The van der Waals surface area contributed by atoms with Gasteiger partial charge in [0.25, 0.3) is 0 Å². The van der Waals surface area contributed by atoms with Crippen molar-refractivity contribution in [3.05, 3.63) is 71.9 Å². The zero-order valence-corrected chi connectivity index (χ0v) is 15.2. The predicted molar refractivity (Wildman–Crippen MR) is 105 cm³/mol. The molecule has 0 unspecified atom stereocenters. The van der Waals surface area contributed by atoms with Gasteiger partial charge < -0.3 is 10.1 Å². The largest absolute Gasteiger partial charge is 0.489 e. The first kappa shape index (κ1) is 17.1. The van der Waals surface area contributed by atoms with E-state index in [0.717, 1.165) is 17.0 Å². The van der Waals surface area contributed by atoms with Crippen LogP contribution in [0.3, 0.4) is 0 Å². The standard InChI is InChI=1S/C21H22N4O2/c1-25-20(13-19(24-25)16-7-8-16)23-21(26)22-17-9-11-18(12-10-17)27-14-15-5-3-2-4-6-15/h2-6,9-13,16H,7-8,14H2,1H3,(H2,22,23,26). The molecule has 1 fully saturated rings. The number of hydrogen-bond acceptors (Lipinski definition) is 3. The lowest BCUT2D eigenvalue weighted by molar-refractivity contribution is 0.262. The first-order valence-electron chi connectivity index (χ1n) is 9.06. The number of rotatable bonds is 6. The summed E-state index contributed by atoms with van der Waals surface area (Å²) in [5, 5.41) is 10.1. The van der Waals surface area contributed by atoms with Crippen molar-refractivity contribution in [3.8, 4) is 5.75 Å². The summed E-state index contributed by atoms with van der Waals surface area (Å²) in [4.78, 5) is 12.2. The van der Waals surface area contributed by atoms with E-state index in [1.165, 1.54) is 12.8 Å². The van der Waals surface area contributed by atoms with E-state index in [2.05, 4.69) is 15.7 Å². The van der Waals surface area contributed by atoms with Crippen LogP contribution in [0.15, 0.2) is 60.7 Å². The van der Waals surface area contributed by atoms with Gasteiger partial charge in [-0.05, 0) is 42.7 Å². The van der Waals surface area contributed by atoms with Crippen molar-refractivity contribution in [2.75, 3.05) is 10.6 Å². The molecule has 0 radical (unpaired) electrons. The quantitative estimate of drug-likeness (QED) is 0.677. The van der Waals surface area contributed by atoms with Crippen LogP contribution in [0.2, 0.25) is 0 Å². The highest BCUT2D eigenvalue weighted by molar-refractivity contribution is 5.99. The minimum atomic E-state index is -0.293. The smallest absolute Gasteiger partial charge is 0.324 e. The van der Waals surface area contributed by atoms with Crippen molar-refractivity contribution in [2.24, 2.45) is 7.05 Å². The van der Waals surface area contributed by atoms with Crippen LogP contribution in [0.1, 0.15) is 30.0 Å². The molecule has 0 saturated heterocycles. The number of nitrogens with zero attached hydrogens (tertiary/aromatic N) is 2. The molecule has 2 N–H and O–H groups in total. The topological polar surface area (TPSA) is 68.2 Å². The van der Waals surface area contributed by atoms with Crippen LogP contribution in [0.25, 0.3) is 0 Å². The molecule has 1 aromatic heterocycles. The molecule has 3 aromatic rings. The van der Waals surface area contributed by atoms with E-state index in [4.69, 9.17) is 4.74 Å². The van der Waals surface area contributed by atoms with Gasteiger partial charge in [0, 0.05) is 24.7 Å². The summed E-state index contributed by atoms with van der Waals surface area (Å²) in [6, 6.07) is 19.0. The van der Waals surface area contributed by atoms with Crippen LogP contribution in [-0.4, -0.2) is 15.8 Å². The number of nitrogens with one attached hydrogen (secondary N) is 2. The first-order valence-corrected chi connectivity index (χ1v) is 9.06. The number of anilines is 2. The number of urea groups is 1. The van der Waals surface area contributed by atoms with Gasteiger partial charge in [0.15, 0.2) is 0 Å². The van der Waals surface area contributed by atoms with E-state index in [1.54, 1.807) is 4.68 Å². The lowest BCUT2D eigenvalue weighted by atomic mass is 10.2. The Hall–Kier alpha value is -3.28. The summed E-state index contributed by atoms with van der Waals surface area (Å²) in [6.45, 7) is 0.512. The van der Waals surface area contributed by atoms with Crippen molar-refractivity contribution in [1.82, 2.24) is 9.78 Å². The van der Waals surface area contributed by atoms with Gasteiger partial charge in [0.1, 0.15) is 18.2 Å². The van der Waals surface area contributed by atoms with Crippen LogP contribution in [-0.2, 0) is 13.7 Å². The molecule has 1 saturated carbocycles. The molecule has 0 bridgehead atoms. The van der Waals surface area contributed by atoms with Crippen LogP contribution in [0, 0.1) is 0 Å². The Morgan fingerprint density at radius 1 is 1.11 bits per heavy atom. The average molecular weight is 362 g/mol. The maximum absolute atomic E-state index is 12.2. The fourth-order valence-electron chi connectivity index (χ4n) is 2.84. The minimum Gasteiger partial charge on any atom is -0.489 e. The van der Waals surface area contributed by atoms with E-state index in [1.807, 2.05) is 67.7 Å². The molecule has 1 heterocycles. The maximum Gasteiger partial charge on any atom is 0.324 e. The summed E-state index contributed by atoms with van der Waals surface area (Å²) in [6.07, 6.45) is 2.36. The fraction of sp³-hybridized carbons (Fsp3) is 0.238. The minimum absolute atomic E-state index is 0.293. The molecule has 0 spiro atoms. The third kappa shape index (κ3) is 4.47. The summed E-state index contributed by atoms with van der Waals surface area (Å²) < 4.78 is 7.46. The Morgan fingerprint density at radius 3 is 2.56 bits per heavy atom. The molecule has 2 aromatic carbocycles. The zero-order chi connectivity index (χ0) is 18.6. The van der Waals surface area contributed by atoms with E-state index >= 15 is 0 Å². The number of ether oxygens (including phenoxy) is 1. The molecule has 4 rings (SSSR count). The van der Waals surface area contributed by atoms with Gasteiger partial charge in [-0.15, -0.1) is 0 Å². The number of benzene rings is 2. The van der Waals surface area contributed by atoms with Gasteiger partial charge in [-0.25, -0.2) is 4.79 Å². The van der Waals surface area contributed by atoms with Crippen molar-refractivity contribution in [1.29, 1.82) is 0 Å². The molecule has 138 valence electrons. The van der Waals surface area contributed by atoms with Crippen LogP contribution in [0.4, 0.5) is 16.3 Å². The lowest BCUT2D eigenvalue weighted by Crippen LogP contribution is -2.20. The van der Waals surface area contributed by atoms with Crippen LogP contribution < -0.4 is 15.4 Å². The maximum atomic E-state index is 12.2. The second-order valence-corrected chi connectivity index (χ2v) is 6.73.